The zero-order chi connectivity index (χ0) is 36.5. The van der Waals surface area contributed by atoms with Gasteiger partial charge in [0.05, 0.1) is 40.7 Å². The van der Waals surface area contributed by atoms with E-state index in [2.05, 4.69) is 27.1 Å². The minimum absolute atomic E-state index is 0.214. The number of anilines is 4. The quantitative estimate of drug-likeness (QED) is 0.144. The van der Waals surface area contributed by atoms with Crippen molar-refractivity contribution in [1.29, 1.82) is 0 Å². The lowest BCUT2D eigenvalue weighted by molar-refractivity contribution is 0.144. The van der Waals surface area contributed by atoms with Crippen LogP contribution in [0.2, 0.25) is 0 Å². The van der Waals surface area contributed by atoms with Gasteiger partial charge in [-0.3, -0.25) is 0 Å². The highest BCUT2D eigenvalue weighted by atomic mass is 16.6. The van der Waals surface area contributed by atoms with Gasteiger partial charge in [-0.05, 0) is 63.1 Å². The number of likely N-dealkylation sites (N-methyl/N-ethyl adjacent to an activating group) is 1. The summed E-state index contributed by atoms with van der Waals surface area (Å²) in [5.41, 5.74) is 3.67. The van der Waals surface area contributed by atoms with Gasteiger partial charge in [-0.15, -0.1) is 0 Å². The number of carbonyl (C=O) groups is 1. The molecule has 4 aromatic rings. The number of methoxy groups -OCH3 is 4. The molecule has 1 saturated heterocycles. The number of rotatable bonds is 14. The molecule has 1 aliphatic heterocycles. The second-order valence-corrected chi connectivity index (χ2v) is 12.3. The standard InChI is InChI=1S/C38H48N6O7/c1-25-10-11-26(2)35(27(25)3)51-38(45)44(30-13-12-29(46-5)24-31(30)47-6)34-14-15-39-37(41-34)40-28-22-32(48-7)36(33(23-28)49-8)50-21-9-16-43-19-17-42(4)18-20-43/h10-15,22-24H,9,16-21H2,1-8H3,(H,39,40,41). The Morgan fingerprint density at radius 3 is 2.18 bits per heavy atom. The van der Waals surface area contributed by atoms with Crippen LogP contribution in [0.4, 0.5) is 27.9 Å². The Morgan fingerprint density at radius 2 is 1.51 bits per heavy atom. The van der Waals surface area contributed by atoms with Crippen LogP contribution in [0.25, 0.3) is 0 Å². The Labute approximate surface area is 300 Å². The number of hydrogen-bond donors (Lipinski definition) is 1. The van der Waals surface area contributed by atoms with Gasteiger partial charge in [-0.2, -0.15) is 4.98 Å². The summed E-state index contributed by atoms with van der Waals surface area (Å²) < 4.78 is 34.7. The average Bonchev–Trinajstić information content (AvgIpc) is 3.14. The molecule has 2 heterocycles. The molecule has 0 spiro atoms. The maximum Gasteiger partial charge on any atom is 0.425 e. The summed E-state index contributed by atoms with van der Waals surface area (Å²) in [4.78, 5) is 29.4. The van der Waals surface area contributed by atoms with Crippen molar-refractivity contribution in [3.05, 3.63) is 71.4 Å². The third kappa shape index (κ3) is 8.91. The number of carbonyl (C=O) groups excluding carboxylic acids is 1. The number of nitrogens with zero attached hydrogens (tertiary/aromatic N) is 5. The summed E-state index contributed by atoms with van der Waals surface area (Å²) >= 11 is 0. The first-order valence-electron chi connectivity index (χ1n) is 16.9. The Hall–Kier alpha value is -5.27. The summed E-state index contributed by atoms with van der Waals surface area (Å²) in [5, 5.41) is 3.22. The van der Waals surface area contributed by atoms with E-state index < -0.39 is 6.09 Å². The Kier molecular flexibility index (Phi) is 12.4. The van der Waals surface area contributed by atoms with E-state index in [0.717, 1.165) is 55.8 Å². The van der Waals surface area contributed by atoms with Gasteiger partial charge in [-0.25, -0.2) is 14.7 Å². The van der Waals surface area contributed by atoms with Gasteiger partial charge in [0.1, 0.15) is 23.1 Å². The van der Waals surface area contributed by atoms with Crippen molar-refractivity contribution in [2.24, 2.45) is 0 Å². The Bertz CT molecular complexity index is 1790. The minimum atomic E-state index is -0.683. The molecule has 0 bridgehead atoms. The number of nitrogens with one attached hydrogen (secondary N) is 1. The first-order chi connectivity index (χ1) is 24.6. The number of aryl methyl sites for hydroxylation is 2. The van der Waals surface area contributed by atoms with Crippen LogP contribution in [0.5, 0.6) is 34.5 Å². The second kappa shape index (κ2) is 17.1. The van der Waals surface area contributed by atoms with Crippen molar-refractivity contribution < 1.29 is 33.2 Å². The molecule has 5 rings (SSSR count). The molecule has 0 atom stereocenters. The van der Waals surface area contributed by atoms with Gasteiger partial charge < -0.3 is 43.5 Å². The number of aromatic nitrogens is 2. The van der Waals surface area contributed by atoms with Crippen molar-refractivity contribution in [1.82, 2.24) is 19.8 Å². The lowest BCUT2D eigenvalue weighted by atomic mass is 10.1. The van der Waals surface area contributed by atoms with Gasteiger partial charge >= 0.3 is 6.09 Å². The number of piperazine rings is 1. The number of amides is 1. The van der Waals surface area contributed by atoms with Gasteiger partial charge in [0.15, 0.2) is 11.5 Å². The highest BCUT2D eigenvalue weighted by Gasteiger charge is 2.27. The van der Waals surface area contributed by atoms with E-state index in [9.17, 15) is 4.79 Å². The van der Waals surface area contributed by atoms with Crippen molar-refractivity contribution in [3.63, 3.8) is 0 Å². The van der Waals surface area contributed by atoms with E-state index in [0.29, 0.717) is 52.5 Å². The predicted octanol–water partition coefficient (Wildman–Crippen LogP) is 6.53. The molecule has 1 aliphatic rings. The Balaban J connectivity index is 1.41. The smallest absolute Gasteiger partial charge is 0.425 e. The summed E-state index contributed by atoms with van der Waals surface area (Å²) in [6.45, 7) is 11.5. The van der Waals surface area contributed by atoms with Crippen LogP contribution in [-0.4, -0.2) is 101 Å². The van der Waals surface area contributed by atoms with E-state index in [1.165, 1.54) is 12.0 Å². The van der Waals surface area contributed by atoms with Crippen LogP contribution >= 0.6 is 0 Å². The molecule has 0 saturated carbocycles. The van der Waals surface area contributed by atoms with Crippen molar-refractivity contribution >= 4 is 29.2 Å². The summed E-state index contributed by atoms with van der Waals surface area (Å²) in [5.74, 6) is 3.37. The molecule has 0 unspecified atom stereocenters. The summed E-state index contributed by atoms with van der Waals surface area (Å²) in [6, 6.07) is 14.2. The highest BCUT2D eigenvalue weighted by molar-refractivity contribution is 5.98. The number of benzene rings is 3. The average molecular weight is 701 g/mol. The predicted molar refractivity (Wildman–Crippen MR) is 197 cm³/mol. The zero-order valence-corrected chi connectivity index (χ0v) is 30.7. The second-order valence-electron chi connectivity index (χ2n) is 12.3. The molecule has 13 nitrogen and oxygen atoms in total. The van der Waals surface area contributed by atoms with Crippen LogP contribution in [0, 0.1) is 20.8 Å². The molecule has 13 heteroatoms. The van der Waals surface area contributed by atoms with E-state index in [-0.39, 0.29) is 11.8 Å². The van der Waals surface area contributed by atoms with E-state index in [1.807, 2.05) is 32.9 Å². The van der Waals surface area contributed by atoms with Crippen LogP contribution in [0.15, 0.2) is 54.7 Å². The van der Waals surface area contributed by atoms with Crippen LogP contribution in [0.3, 0.4) is 0 Å². The molecule has 51 heavy (non-hydrogen) atoms. The summed E-state index contributed by atoms with van der Waals surface area (Å²) in [7, 11) is 8.39. The first kappa shape index (κ1) is 37.0. The van der Waals surface area contributed by atoms with Crippen LogP contribution in [-0.2, 0) is 0 Å². The van der Waals surface area contributed by atoms with Crippen molar-refractivity contribution in [3.8, 4) is 34.5 Å². The van der Waals surface area contributed by atoms with Gasteiger partial charge in [0, 0.05) is 68.9 Å². The van der Waals surface area contributed by atoms with Gasteiger partial charge in [0.2, 0.25) is 11.7 Å². The van der Waals surface area contributed by atoms with Crippen LogP contribution in [0.1, 0.15) is 23.1 Å². The molecule has 1 fully saturated rings. The lowest BCUT2D eigenvalue weighted by Gasteiger charge is -2.32. The largest absolute Gasteiger partial charge is 0.497 e. The fourth-order valence-corrected chi connectivity index (χ4v) is 5.79. The fourth-order valence-electron chi connectivity index (χ4n) is 5.79. The molecular weight excluding hydrogens is 652 g/mol. The monoisotopic (exact) mass is 700 g/mol. The van der Waals surface area contributed by atoms with E-state index in [4.69, 9.17) is 33.4 Å². The summed E-state index contributed by atoms with van der Waals surface area (Å²) in [6.07, 6.45) is 1.74. The molecular formula is C38H48N6O7. The van der Waals surface area contributed by atoms with Gasteiger partial charge in [-0.1, -0.05) is 12.1 Å². The molecule has 272 valence electrons. The molecule has 0 aliphatic carbocycles. The maximum atomic E-state index is 14.1. The normalized spacial score (nSPS) is 13.3. The molecule has 1 N–H and O–H groups in total. The molecule has 3 aromatic carbocycles. The third-order valence-electron chi connectivity index (χ3n) is 8.92. The van der Waals surface area contributed by atoms with Gasteiger partial charge in [0.25, 0.3) is 0 Å². The zero-order valence-electron chi connectivity index (χ0n) is 30.7. The highest BCUT2D eigenvalue weighted by Crippen LogP contribution is 2.42. The van der Waals surface area contributed by atoms with Crippen molar-refractivity contribution in [2.75, 3.05) is 85.0 Å². The van der Waals surface area contributed by atoms with Crippen LogP contribution < -0.4 is 38.6 Å². The topological polar surface area (TPSA) is 120 Å². The number of ether oxygens (including phenoxy) is 6. The third-order valence-corrected chi connectivity index (χ3v) is 8.92. The molecule has 1 aromatic heterocycles. The lowest BCUT2D eigenvalue weighted by Crippen LogP contribution is -2.44. The minimum Gasteiger partial charge on any atom is -0.497 e. The Morgan fingerprint density at radius 1 is 0.824 bits per heavy atom. The number of hydrogen-bond acceptors (Lipinski definition) is 12. The SMILES string of the molecule is COc1ccc(N(C(=O)Oc2c(C)ccc(C)c2C)c2ccnc(Nc3cc(OC)c(OCCCN4CCN(C)CC4)c(OC)c3)n2)c(OC)c1. The van der Waals surface area contributed by atoms with Crippen molar-refractivity contribution in [2.45, 2.75) is 27.2 Å². The fraction of sp³-hybridized carbons (Fsp3) is 0.395. The maximum absolute atomic E-state index is 14.1. The van der Waals surface area contributed by atoms with E-state index >= 15 is 0 Å². The first-order valence-corrected chi connectivity index (χ1v) is 16.9. The van der Waals surface area contributed by atoms with E-state index in [1.54, 1.807) is 63.9 Å². The molecule has 0 radical (unpaired) electrons. The molecule has 1 amide bonds.